The van der Waals surface area contributed by atoms with E-state index in [9.17, 15) is 9.59 Å². The number of hydrogen-bond acceptors (Lipinski definition) is 6. The Balaban J connectivity index is 1.22. The van der Waals surface area contributed by atoms with Crippen LogP contribution in [0.1, 0.15) is 37.6 Å². The number of aryl methyl sites for hydroxylation is 1. The highest BCUT2D eigenvalue weighted by Gasteiger charge is 2.55. The van der Waals surface area contributed by atoms with Gasteiger partial charge < -0.3 is 14.8 Å². The number of aromatic nitrogens is 1. The number of imide groups is 1. The second kappa shape index (κ2) is 9.25. The van der Waals surface area contributed by atoms with Crippen LogP contribution in [0.5, 0.6) is 11.5 Å². The average Bonchev–Trinajstić information content (AvgIpc) is 3.09. The van der Waals surface area contributed by atoms with Gasteiger partial charge in [0, 0.05) is 12.2 Å². The monoisotopic (exact) mass is 464 g/mol. The van der Waals surface area contributed by atoms with E-state index >= 15 is 0 Å². The third kappa shape index (κ3) is 4.22. The minimum absolute atomic E-state index is 0.102. The van der Waals surface area contributed by atoms with Gasteiger partial charge in [-0.25, -0.2) is 4.79 Å². The van der Waals surface area contributed by atoms with Crippen molar-refractivity contribution in [2.45, 2.75) is 51.3 Å². The molecule has 2 saturated heterocycles. The lowest BCUT2D eigenvalue weighted by atomic mass is 9.75. The van der Waals surface area contributed by atoms with Crippen LogP contribution in [0, 0.1) is 12.8 Å². The number of amides is 3. The highest BCUT2D eigenvalue weighted by molar-refractivity contribution is 6.07. The molecule has 0 aliphatic carbocycles. The number of piperidine rings is 1. The number of ether oxygens (including phenoxy) is 2. The molecule has 2 unspecified atom stereocenters. The van der Waals surface area contributed by atoms with Gasteiger partial charge in [-0.1, -0.05) is 25.1 Å². The fourth-order valence-corrected chi connectivity index (χ4v) is 5.47. The minimum Gasteiger partial charge on any atom is -0.486 e. The summed E-state index contributed by atoms with van der Waals surface area (Å²) in [6, 6.07) is 13.2. The van der Waals surface area contributed by atoms with Crippen molar-refractivity contribution in [1.29, 1.82) is 0 Å². The Morgan fingerprint density at radius 1 is 1.09 bits per heavy atom. The number of nitrogens with zero attached hydrogens (tertiary/aromatic N) is 3. The van der Waals surface area contributed by atoms with Crippen molar-refractivity contribution in [3.63, 3.8) is 0 Å². The molecule has 5 rings (SSSR count). The van der Waals surface area contributed by atoms with Crippen molar-refractivity contribution >= 4 is 11.9 Å². The Kier molecular flexibility index (Phi) is 6.16. The van der Waals surface area contributed by atoms with Crippen molar-refractivity contribution < 1.29 is 19.1 Å². The first kappa shape index (κ1) is 22.7. The molecule has 0 radical (unpaired) electrons. The largest absolute Gasteiger partial charge is 0.486 e. The van der Waals surface area contributed by atoms with E-state index in [1.165, 1.54) is 4.90 Å². The molecule has 8 heteroatoms. The van der Waals surface area contributed by atoms with E-state index in [1.807, 2.05) is 50.2 Å². The third-order valence-corrected chi connectivity index (χ3v) is 7.33. The second-order valence-corrected chi connectivity index (χ2v) is 9.49. The van der Waals surface area contributed by atoms with E-state index in [1.54, 1.807) is 0 Å². The molecule has 8 nitrogen and oxygen atoms in total. The summed E-state index contributed by atoms with van der Waals surface area (Å²) in [6.45, 7) is 7.03. The summed E-state index contributed by atoms with van der Waals surface area (Å²) < 4.78 is 11.8. The van der Waals surface area contributed by atoms with E-state index in [-0.39, 0.29) is 30.5 Å². The fraction of sp³-hybridized carbons (Fsp3) is 0.500. The zero-order valence-electron chi connectivity index (χ0n) is 19.8. The van der Waals surface area contributed by atoms with Gasteiger partial charge in [0.2, 0.25) is 0 Å². The molecule has 3 aliphatic heterocycles. The van der Waals surface area contributed by atoms with Crippen molar-refractivity contribution in [3.8, 4) is 11.5 Å². The van der Waals surface area contributed by atoms with Crippen LogP contribution >= 0.6 is 0 Å². The molecule has 0 saturated carbocycles. The van der Waals surface area contributed by atoms with Crippen LogP contribution in [0.3, 0.4) is 0 Å². The lowest BCUT2D eigenvalue weighted by Crippen LogP contribution is -2.56. The third-order valence-electron chi connectivity index (χ3n) is 7.33. The maximum absolute atomic E-state index is 13.6. The van der Waals surface area contributed by atoms with Crippen LogP contribution in [-0.2, 0) is 11.3 Å². The SMILES string of the molecule is CCC1(C2CCN(Cc3cccc(C)n3)CC2)NC(=O)N(CC2COc3ccccc3O2)C1=O. The normalized spacial score (nSPS) is 25.5. The van der Waals surface area contributed by atoms with Gasteiger partial charge in [-0.2, -0.15) is 0 Å². The van der Waals surface area contributed by atoms with Crippen LogP contribution in [0.25, 0.3) is 0 Å². The molecule has 1 N–H and O–H groups in total. The number of carbonyl (C=O) groups excluding carboxylic acids is 2. The van der Waals surface area contributed by atoms with E-state index in [4.69, 9.17) is 9.47 Å². The standard InChI is InChI=1S/C26H32N4O4/c1-3-26(19-11-13-29(14-12-19)15-20-8-6-7-18(2)27-20)24(31)30(25(32)28-26)16-21-17-33-22-9-4-5-10-23(22)34-21/h4-10,19,21H,3,11-17H2,1-2H3,(H,28,32). The van der Waals surface area contributed by atoms with Crippen molar-refractivity contribution in [2.75, 3.05) is 26.2 Å². The van der Waals surface area contributed by atoms with E-state index in [2.05, 4.69) is 21.3 Å². The number of pyridine rings is 1. The molecule has 3 aliphatic rings. The summed E-state index contributed by atoms with van der Waals surface area (Å²) >= 11 is 0. The summed E-state index contributed by atoms with van der Waals surface area (Å²) in [5, 5.41) is 3.08. The molecule has 4 heterocycles. The van der Waals surface area contributed by atoms with E-state index in [0.29, 0.717) is 24.5 Å². The van der Waals surface area contributed by atoms with Crippen molar-refractivity contribution in [3.05, 3.63) is 53.9 Å². The fourth-order valence-electron chi connectivity index (χ4n) is 5.47. The first-order chi connectivity index (χ1) is 16.5. The molecule has 34 heavy (non-hydrogen) atoms. The van der Waals surface area contributed by atoms with Gasteiger partial charge in [0.15, 0.2) is 17.6 Å². The van der Waals surface area contributed by atoms with Gasteiger partial charge in [-0.05, 0) is 69.5 Å². The summed E-state index contributed by atoms with van der Waals surface area (Å²) in [5.41, 5.74) is 1.24. The van der Waals surface area contributed by atoms with Crippen LogP contribution in [0.15, 0.2) is 42.5 Å². The Hall–Kier alpha value is -3.13. The van der Waals surface area contributed by atoms with E-state index in [0.717, 1.165) is 43.9 Å². The van der Waals surface area contributed by atoms with Crippen molar-refractivity contribution in [2.24, 2.45) is 5.92 Å². The van der Waals surface area contributed by atoms with Crippen LogP contribution < -0.4 is 14.8 Å². The Labute approximate surface area is 200 Å². The predicted molar refractivity (Wildman–Crippen MR) is 127 cm³/mol. The highest BCUT2D eigenvalue weighted by atomic mass is 16.6. The number of benzene rings is 1. The molecule has 1 aromatic heterocycles. The van der Waals surface area contributed by atoms with E-state index < -0.39 is 5.54 Å². The summed E-state index contributed by atoms with van der Waals surface area (Å²) in [7, 11) is 0. The zero-order valence-corrected chi connectivity index (χ0v) is 19.8. The lowest BCUT2D eigenvalue weighted by Gasteiger charge is -2.40. The molecule has 0 spiro atoms. The smallest absolute Gasteiger partial charge is 0.325 e. The Morgan fingerprint density at radius 2 is 1.85 bits per heavy atom. The zero-order chi connectivity index (χ0) is 23.7. The van der Waals surface area contributed by atoms with Gasteiger partial charge >= 0.3 is 6.03 Å². The minimum atomic E-state index is -0.849. The maximum Gasteiger partial charge on any atom is 0.325 e. The molecular weight excluding hydrogens is 432 g/mol. The van der Waals surface area contributed by atoms with Gasteiger partial charge in [0.05, 0.1) is 12.2 Å². The Bertz CT molecular complexity index is 1070. The predicted octanol–water partition coefficient (Wildman–Crippen LogP) is 3.14. The summed E-state index contributed by atoms with van der Waals surface area (Å²) in [4.78, 5) is 34.9. The average molecular weight is 465 g/mol. The summed E-state index contributed by atoms with van der Waals surface area (Å²) in [5.74, 6) is 1.29. The number of urea groups is 1. The number of rotatable bonds is 6. The maximum atomic E-state index is 13.6. The number of nitrogens with one attached hydrogen (secondary N) is 1. The second-order valence-electron chi connectivity index (χ2n) is 9.49. The summed E-state index contributed by atoms with van der Waals surface area (Å²) in [6.07, 6.45) is 1.90. The van der Waals surface area contributed by atoms with Gasteiger partial charge in [-0.15, -0.1) is 0 Å². The first-order valence-electron chi connectivity index (χ1n) is 12.2. The highest BCUT2D eigenvalue weighted by Crippen LogP contribution is 2.37. The Morgan fingerprint density at radius 3 is 2.59 bits per heavy atom. The molecule has 3 amide bonds. The van der Waals surface area contributed by atoms with Crippen LogP contribution in [0.2, 0.25) is 0 Å². The van der Waals surface area contributed by atoms with Gasteiger partial charge in [0.25, 0.3) is 5.91 Å². The molecular formula is C26H32N4O4. The molecule has 180 valence electrons. The van der Waals surface area contributed by atoms with Crippen LogP contribution in [-0.4, -0.2) is 64.6 Å². The number of fused-ring (bicyclic) bond motifs is 1. The number of carbonyl (C=O) groups is 2. The van der Waals surface area contributed by atoms with Crippen LogP contribution in [0.4, 0.5) is 4.79 Å². The molecule has 1 aromatic carbocycles. The topological polar surface area (TPSA) is 84.0 Å². The molecule has 2 aromatic rings. The number of likely N-dealkylation sites (tertiary alicyclic amines) is 1. The van der Waals surface area contributed by atoms with Crippen molar-refractivity contribution in [1.82, 2.24) is 20.1 Å². The number of hydrogen-bond donors (Lipinski definition) is 1. The molecule has 0 bridgehead atoms. The van der Waals surface area contributed by atoms with Gasteiger partial charge in [-0.3, -0.25) is 19.6 Å². The molecule has 2 atom stereocenters. The number of para-hydroxylation sites is 2. The first-order valence-corrected chi connectivity index (χ1v) is 12.2. The quantitative estimate of drug-likeness (QED) is 0.662. The lowest BCUT2D eigenvalue weighted by molar-refractivity contribution is -0.135. The molecule has 2 fully saturated rings. The van der Waals surface area contributed by atoms with Gasteiger partial charge in [0.1, 0.15) is 12.1 Å².